The zero-order chi connectivity index (χ0) is 21.7. The van der Waals surface area contributed by atoms with Crippen LogP contribution in [0.1, 0.15) is 17.2 Å². The lowest BCUT2D eigenvalue weighted by Crippen LogP contribution is -2.54. The largest absolute Gasteiger partial charge is 0.338 e. The van der Waals surface area contributed by atoms with Crippen LogP contribution in [0, 0.1) is 0 Å². The van der Waals surface area contributed by atoms with Crippen molar-refractivity contribution in [3.63, 3.8) is 0 Å². The number of amides is 1. The maximum atomic E-state index is 13.6. The fourth-order valence-electron chi connectivity index (χ4n) is 4.43. The number of rotatable bonds is 6. The van der Waals surface area contributed by atoms with Gasteiger partial charge in [0.15, 0.2) is 9.84 Å². The molecule has 0 bridgehead atoms. The number of hydrogen-bond donors (Lipinski definition) is 0. The lowest BCUT2D eigenvalue weighted by atomic mass is 10.0. The predicted octanol–water partition coefficient (Wildman–Crippen LogP) is 1.84. The maximum absolute atomic E-state index is 13.6. The molecular formula is C24H31N3O3S. The molecule has 0 aliphatic carbocycles. The normalized spacial score (nSPS) is 21.0. The van der Waals surface area contributed by atoms with E-state index in [1.807, 2.05) is 46.2 Å². The van der Waals surface area contributed by atoms with Crippen molar-refractivity contribution < 1.29 is 13.2 Å². The van der Waals surface area contributed by atoms with Crippen molar-refractivity contribution in [2.45, 2.75) is 12.5 Å². The first-order valence-electron chi connectivity index (χ1n) is 11.1. The van der Waals surface area contributed by atoms with Gasteiger partial charge < -0.3 is 4.90 Å². The summed E-state index contributed by atoms with van der Waals surface area (Å²) in [5.41, 5.74) is 2.28. The highest BCUT2D eigenvalue weighted by Gasteiger charge is 2.35. The van der Waals surface area contributed by atoms with Crippen molar-refractivity contribution in [1.29, 1.82) is 0 Å². The summed E-state index contributed by atoms with van der Waals surface area (Å²) in [7, 11) is -2.99. The van der Waals surface area contributed by atoms with Crippen LogP contribution in [-0.4, -0.2) is 86.3 Å². The van der Waals surface area contributed by atoms with Crippen LogP contribution in [0.4, 0.5) is 0 Å². The second-order valence-electron chi connectivity index (χ2n) is 8.40. The van der Waals surface area contributed by atoms with Gasteiger partial charge in [-0.3, -0.25) is 14.6 Å². The summed E-state index contributed by atoms with van der Waals surface area (Å²) in [6.07, 6.45) is 1.02. The molecule has 2 heterocycles. The number of piperazine rings is 1. The zero-order valence-corrected chi connectivity index (χ0v) is 18.7. The molecule has 0 N–H and O–H groups in total. The highest BCUT2D eigenvalue weighted by Crippen LogP contribution is 2.26. The number of sulfone groups is 1. The van der Waals surface area contributed by atoms with Crippen molar-refractivity contribution in [3.05, 3.63) is 71.8 Å². The summed E-state index contributed by atoms with van der Waals surface area (Å²) in [6.45, 7) is 4.97. The van der Waals surface area contributed by atoms with E-state index in [0.29, 0.717) is 26.2 Å². The fraction of sp³-hybridized carbons (Fsp3) is 0.458. The molecule has 4 rings (SSSR count). The average Bonchev–Trinajstić information content (AvgIpc) is 2.80. The first-order valence-corrected chi connectivity index (χ1v) is 12.9. The SMILES string of the molecule is O=C(C(c1ccccc1)N1CCS(=O)(=O)CC1)N1CCN(CCc2ccccc2)CC1. The predicted molar refractivity (Wildman–Crippen MR) is 123 cm³/mol. The van der Waals surface area contributed by atoms with E-state index in [9.17, 15) is 13.2 Å². The molecule has 166 valence electrons. The quantitative estimate of drug-likeness (QED) is 0.685. The monoisotopic (exact) mass is 441 g/mol. The number of hydrogen-bond acceptors (Lipinski definition) is 5. The van der Waals surface area contributed by atoms with Gasteiger partial charge in [-0.1, -0.05) is 60.7 Å². The highest BCUT2D eigenvalue weighted by molar-refractivity contribution is 7.91. The van der Waals surface area contributed by atoms with Gasteiger partial charge in [0, 0.05) is 45.8 Å². The summed E-state index contributed by atoms with van der Waals surface area (Å²) in [5, 5.41) is 0. The molecule has 1 unspecified atom stereocenters. The van der Waals surface area contributed by atoms with Gasteiger partial charge >= 0.3 is 0 Å². The Hall–Kier alpha value is -2.22. The fourth-order valence-corrected chi connectivity index (χ4v) is 5.66. The third-order valence-electron chi connectivity index (χ3n) is 6.34. The summed E-state index contributed by atoms with van der Waals surface area (Å²) >= 11 is 0. The molecule has 31 heavy (non-hydrogen) atoms. The molecule has 1 atom stereocenters. The number of carbonyl (C=O) groups excluding carboxylic acids is 1. The lowest BCUT2D eigenvalue weighted by Gasteiger charge is -2.40. The molecule has 2 aliphatic rings. The van der Waals surface area contributed by atoms with Crippen molar-refractivity contribution in [2.75, 3.05) is 57.3 Å². The summed E-state index contributed by atoms with van der Waals surface area (Å²) in [6, 6.07) is 19.9. The Morgan fingerprint density at radius 1 is 0.806 bits per heavy atom. The van der Waals surface area contributed by atoms with Crippen LogP contribution in [-0.2, 0) is 21.1 Å². The zero-order valence-electron chi connectivity index (χ0n) is 17.9. The molecule has 2 saturated heterocycles. The van der Waals surface area contributed by atoms with Crippen molar-refractivity contribution in [1.82, 2.24) is 14.7 Å². The summed E-state index contributed by atoms with van der Waals surface area (Å²) in [5.74, 6) is 0.335. The first-order chi connectivity index (χ1) is 15.0. The Bertz CT molecular complexity index is 944. The van der Waals surface area contributed by atoms with Crippen molar-refractivity contribution in [3.8, 4) is 0 Å². The Balaban J connectivity index is 1.38. The maximum Gasteiger partial charge on any atom is 0.244 e. The Morgan fingerprint density at radius 2 is 1.39 bits per heavy atom. The van der Waals surface area contributed by atoms with Crippen LogP contribution in [0.2, 0.25) is 0 Å². The second kappa shape index (κ2) is 9.94. The molecule has 1 amide bonds. The van der Waals surface area contributed by atoms with E-state index in [2.05, 4.69) is 29.2 Å². The van der Waals surface area contributed by atoms with E-state index >= 15 is 0 Å². The smallest absolute Gasteiger partial charge is 0.244 e. The van der Waals surface area contributed by atoms with Crippen LogP contribution >= 0.6 is 0 Å². The third kappa shape index (κ3) is 5.73. The molecule has 2 aliphatic heterocycles. The number of carbonyl (C=O) groups is 1. The van der Waals surface area contributed by atoms with E-state index in [-0.39, 0.29) is 17.4 Å². The van der Waals surface area contributed by atoms with Gasteiger partial charge in [0.2, 0.25) is 5.91 Å². The van der Waals surface area contributed by atoms with Crippen LogP contribution in [0.15, 0.2) is 60.7 Å². The lowest BCUT2D eigenvalue weighted by molar-refractivity contribution is -0.139. The number of benzene rings is 2. The standard InChI is InChI=1S/C24H31N3O3S/c28-24(27-15-13-25(14-16-27)12-11-21-7-3-1-4-8-21)23(22-9-5-2-6-10-22)26-17-19-31(29,30)20-18-26/h1-10,23H,11-20H2. The Labute approximate surface area is 185 Å². The van der Waals surface area contributed by atoms with Crippen molar-refractivity contribution in [2.24, 2.45) is 0 Å². The van der Waals surface area contributed by atoms with Gasteiger partial charge in [-0.2, -0.15) is 0 Å². The van der Waals surface area contributed by atoms with Gasteiger partial charge in [-0.05, 0) is 17.5 Å². The second-order valence-corrected chi connectivity index (χ2v) is 10.7. The molecule has 0 saturated carbocycles. The van der Waals surface area contributed by atoms with E-state index in [1.54, 1.807) is 0 Å². The minimum atomic E-state index is -2.99. The molecule has 2 aromatic rings. The van der Waals surface area contributed by atoms with Crippen LogP contribution in [0.25, 0.3) is 0 Å². The van der Waals surface area contributed by atoms with Crippen LogP contribution in [0.5, 0.6) is 0 Å². The van der Waals surface area contributed by atoms with E-state index < -0.39 is 15.9 Å². The topological polar surface area (TPSA) is 60.9 Å². The van der Waals surface area contributed by atoms with E-state index in [1.165, 1.54) is 5.56 Å². The molecule has 2 fully saturated rings. The third-order valence-corrected chi connectivity index (χ3v) is 7.95. The van der Waals surface area contributed by atoms with Gasteiger partial charge in [-0.15, -0.1) is 0 Å². The molecule has 0 radical (unpaired) electrons. The molecule has 0 aromatic heterocycles. The van der Waals surface area contributed by atoms with Crippen LogP contribution in [0.3, 0.4) is 0 Å². The molecule has 2 aromatic carbocycles. The highest BCUT2D eigenvalue weighted by atomic mass is 32.2. The minimum absolute atomic E-state index is 0.0909. The van der Waals surface area contributed by atoms with Gasteiger partial charge in [-0.25, -0.2) is 8.42 Å². The molecule has 7 heteroatoms. The van der Waals surface area contributed by atoms with E-state index in [0.717, 1.165) is 31.6 Å². The molecule has 0 spiro atoms. The summed E-state index contributed by atoms with van der Waals surface area (Å²) in [4.78, 5) is 20.0. The number of nitrogens with zero attached hydrogens (tertiary/aromatic N) is 3. The average molecular weight is 442 g/mol. The van der Waals surface area contributed by atoms with Gasteiger partial charge in [0.05, 0.1) is 11.5 Å². The Kier molecular flexibility index (Phi) is 7.05. The van der Waals surface area contributed by atoms with Gasteiger partial charge in [0.25, 0.3) is 0 Å². The summed E-state index contributed by atoms with van der Waals surface area (Å²) < 4.78 is 23.8. The van der Waals surface area contributed by atoms with Crippen LogP contribution < -0.4 is 0 Å². The van der Waals surface area contributed by atoms with E-state index in [4.69, 9.17) is 0 Å². The minimum Gasteiger partial charge on any atom is -0.338 e. The van der Waals surface area contributed by atoms with Gasteiger partial charge in [0.1, 0.15) is 6.04 Å². The first kappa shape index (κ1) is 22.0. The molecular weight excluding hydrogens is 410 g/mol. The Morgan fingerprint density at radius 3 is 2.00 bits per heavy atom. The van der Waals surface area contributed by atoms with Crippen molar-refractivity contribution >= 4 is 15.7 Å². The molecule has 6 nitrogen and oxygen atoms in total.